The van der Waals surface area contributed by atoms with Crippen LogP contribution < -0.4 is 0 Å². The first-order valence-corrected chi connectivity index (χ1v) is 7.01. The maximum Gasteiger partial charge on any atom is 0.226 e. The zero-order chi connectivity index (χ0) is 13.1. The molecule has 1 heterocycles. The molecule has 0 bridgehead atoms. The van der Waals surface area contributed by atoms with Gasteiger partial charge in [-0.1, -0.05) is 39.0 Å². The summed E-state index contributed by atoms with van der Waals surface area (Å²) in [6.45, 7) is 8.52. The molecular weight excluding hydrogens is 222 g/mol. The number of hydrogen-bond acceptors (Lipinski definition) is 1. The van der Waals surface area contributed by atoms with Crippen molar-refractivity contribution in [2.45, 2.75) is 46.0 Å². The number of benzene rings is 1. The molecule has 0 saturated carbocycles. The molecule has 2 heteroatoms. The molecule has 0 N–H and O–H groups in total. The lowest BCUT2D eigenvalue weighted by atomic mass is 9.93. The van der Waals surface area contributed by atoms with E-state index in [1.165, 1.54) is 11.1 Å². The van der Waals surface area contributed by atoms with Crippen LogP contribution in [-0.2, 0) is 17.6 Å². The fourth-order valence-electron chi connectivity index (χ4n) is 2.49. The Morgan fingerprint density at radius 2 is 2.06 bits per heavy atom. The van der Waals surface area contributed by atoms with Crippen molar-refractivity contribution < 1.29 is 4.79 Å². The third-order valence-electron chi connectivity index (χ3n) is 3.77. The first-order valence-electron chi connectivity index (χ1n) is 7.01. The van der Waals surface area contributed by atoms with E-state index in [1.54, 1.807) is 0 Å². The second-order valence-corrected chi connectivity index (χ2v) is 5.45. The molecule has 0 radical (unpaired) electrons. The van der Waals surface area contributed by atoms with Crippen molar-refractivity contribution >= 4 is 5.91 Å². The zero-order valence-electron chi connectivity index (χ0n) is 11.7. The Morgan fingerprint density at radius 3 is 2.56 bits per heavy atom. The van der Waals surface area contributed by atoms with Crippen LogP contribution in [0.3, 0.4) is 0 Å². The normalized spacial score (nSPS) is 14.8. The van der Waals surface area contributed by atoms with E-state index >= 15 is 0 Å². The van der Waals surface area contributed by atoms with Gasteiger partial charge in [0.25, 0.3) is 0 Å². The zero-order valence-corrected chi connectivity index (χ0v) is 11.7. The molecule has 1 amide bonds. The van der Waals surface area contributed by atoms with E-state index in [4.69, 9.17) is 0 Å². The van der Waals surface area contributed by atoms with Gasteiger partial charge >= 0.3 is 0 Å². The van der Waals surface area contributed by atoms with Gasteiger partial charge in [-0.3, -0.25) is 4.79 Å². The number of nitrogens with zero attached hydrogens (tertiary/aromatic N) is 1. The topological polar surface area (TPSA) is 20.3 Å². The molecule has 0 atom stereocenters. The van der Waals surface area contributed by atoms with Crippen molar-refractivity contribution in [3.63, 3.8) is 0 Å². The smallest absolute Gasteiger partial charge is 0.226 e. The summed E-state index contributed by atoms with van der Waals surface area (Å²) in [5, 5.41) is 0. The second kappa shape index (κ2) is 5.55. The van der Waals surface area contributed by atoms with Crippen LogP contribution in [0.2, 0.25) is 0 Å². The van der Waals surface area contributed by atoms with Crippen molar-refractivity contribution in [1.29, 1.82) is 0 Å². The summed E-state index contributed by atoms with van der Waals surface area (Å²) in [6, 6.07) is 6.53. The summed E-state index contributed by atoms with van der Waals surface area (Å²) >= 11 is 0. The molecule has 18 heavy (non-hydrogen) atoms. The van der Waals surface area contributed by atoms with Crippen LogP contribution in [0, 0.1) is 0 Å². The van der Waals surface area contributed by atoms with Crippen molar-refractivity contribution in [3.05, 3.63) is 34.9 Å². The predicted molar refractivity (Wildman–Crippen MR) is 74.8 cm³/mol. The highest BCUT2D eigenvalue weighted by Crippen LogP contribution is 2.22. The Morgan fingerprint density at radius 1 is 1.33 bits per heavy atom. The van der Waals surface area contributed by atoms with E-state index in [0.717, 1.165) is 31.5 Å². The van der Waals surface area contributed by atoms with Gasteiger partial charge in [0, 0.05) is 13.1 Å². The summed E-state index contributed by atoms with van der Waals surface area (Å²) in [6.07, 6.45) is 2.77. The van der Waals surface area contributed by atoms with Crippen molar-refractivity contribution in [2.24, 2.45) is 0 Å². The predicted octanol–water partition coefficient (Wildman–Crippen LogP) is 3.15. The molecule has 0 aromatic heterocycles. The maximum absolute atomic E-state index is 11.9. The van der Waals surface area contributed by atoms with Gasteiger partial charge in [0.2, 0.25) is 5.91 Å². The van der Waals surface area contributed by atoms with Crippen LogP contribution in [-0.4, -0.2) is 23.9 Å². The summed E-state index contributed by atoms with van der Waals surface area (Å²) in [4.78, 5) is 13.9. The van der Waals surface area contributed by atoms with Gasteiger partial charge in [-0.25, -0.2) is 0 Å². The molecule has 2 nitrogen and oxygen atoms in total. The summed E-state index contributed by atoms with van der Waals surface area (Å²) in [5.74, 6) is 0.834. The number of carbonyl (C=O) groups excluding carboxylic acids is 1. The first kappa shape index (κ1) is 13.1. The Labute approximate surface area is 110 Å². The van der Waals surface area contributed by atoms with E-state index in [2.05, 4.69) is 39.0 Å². The van der Waals surface area contributed by atoms with Gasteiger partial charge in [-0.15, -0.1) is 0 Å². The average Bonchev–Trinajstić information content (AvgIpc) is 2.25. The average molecular weight is 245 g/mol. The molecule has 0 aliphatic carbocycles. The summed E-state index contributed by atoms with van der Waals surface area (Å²) in [5.41, 5.74) is 3.96. The minimum Gasteiger partial charge on any atom is -0.342 e. The Balaban J connectivity index is 2.11. The van der Waals surface area contributed by atoms with Gasteiger partial charge in [0.1, 0.15) is 0 Å². The van der Waals surface area contributed by atoms with E-state index in [-0.39, 0.29) is 5.91 Å². The fourth-order valence-corrected chi connectivity index (χ4v) is 2.49. The van der Waals surface area contributed by atoms with Gasteiger partial charge < -0.3 is 4.90 Å². The molecule has 1 aliphatic heterocycles. The van der Waals surface area contributed by atoms with E-state index in [0.29, 0.717) is 12.3 Å². The largest absolute Gasteiger partial charge is 0.342 e. The number of carbonyl (C=O) groups is 1. The molecule has 1 aromatic carbocycles. The standard InChI is InChI=1S/C16H23NO/c1-4-14-10-13(6-7-15(14)12(2)3)11-16(18)17-8-5-9-17/h6-7,10,12H,4-5,8-9,11H2,1-3H3. The van der Waals surface area contributed by atoms with Crippen LogP contribution in [0.5, 0.6) is 0 Å². The minimum atomic E-state index is 0.278. The van der Waals surface area contributed by atoms with Crippen molar-refractivity contribution in [1.82, 2.24) is 4.90 Å². The lowest BCUT2D eigenvalue weighted by molar-refractivity contribution is -0.133. The third kappa shape index (κ3) is 2.74. The highest BCUT2D eigenvalue weighted by atomic mass is 16.2. The number of hydrogen-bond donors (Lipinski definition) is 0. The highest BCUT2D eigenvalue weighted by Gasteiger charge is 2.20. The van der Waals surface area contributed by atoms with E-state index in [1.807, 2.05) is 4.90 Å². The SMILES string of the molecule is CCc1cc(CC(=O)N2CCC2)ccc1C(C)C. The highest BCUT2D eigenvalue weighted by molar-refractivity contribution is 5.79. The van der Waals surface area contributed by atoms with Crippen LogP contribution >= 0.6 is 0 Å². The Bertz CT molecular complexity index is 433. The summed E-state index contributed by atoms with van der Waals surface area (Å²) < 4.78 is 0. The number of aryl methyl sites for hydroxylation is 1. The van der Waals surface area contributed by atoms with E-state index in [9.17, 15) is 4.79 Å². The molecule has 98 valence electrons. The quantitative estimate of drug-likeness (QED) is 0.798. The molecule has 1 aromatic rings. The molecule has 0 unspecified atom stereocenters. The molecule has 1 aliphatic rings. The van der Waals surface area contributed by atoms with Crippen LogP contribution in [0.25, 0.3) is 0 Å². The molecular formula is C16H23NO. The Hall–Kier alpha value is -1.31. The van der Waals surface area contributed by atoms with E-state index < -0.39 is 0 Å². The molecule has 1 fully saturated rings. The van der Waals surface area contributed by atoms with Crippen LogP contribution in [0.1, 0.15) is 49.8 Å². The molecule has 1 saturated heterocycles. The van der Waals surface area contributed by atoms with Crippen LogP contribution in [0.4, 0.5) is 0 Å². The second-order valence-electron chi connectivity index (χ2n) is 5.45. The fraction of sp³-hybridized carbons (Fsp3) is 0.562. The number of rotatable bonds is 4. The van der Waals surface area contributed by atoms with Crippen molar-refractivity contribution in [3.8, 4) is 0 Å². The molecule has 2 rings (SSSR count). The molecule has 0 spiro atoms. The van der Waals surface area contributed by atoms with Gasteiger partial charge in [-0.2, -0.15) is 0 Å². The van der Waals surface area contributed by atoms with Gasteiger partial charge in [-0.05, 0) is 35.4 Å². The first-order chi connectivity index (χ1) is 8.61. The van der Waals surface area contributed by atoms with Gasteiger partial charge in [0.15, 0.2) is 0 Å². The van der Waals surface area contributed by atoms with Gasteiger partial charge in [0.05, 0.1) is 6.42 Å². The lowest BCUT2D eigenvalue weighted by Gasteiger charge is -2.31. The number of likely N-dealkylation sites (tertiary alicyclic amines) is 1. The van der Waals surface area contributed by atoms with Crippen LogP contribution in [0.15, 0.2) is 18.2 Å². The maximum atomic E-state index is 11.9. The lowest BCUT2D eigenvalue weighted by Crippen LogP contribution is -2.42. The Kier molecular flexibility index (Phi) is 4.05. The van der Waals surface area contributed by atoms with Crippen molar-refractivity contribution in [2.75, 3.05) is 13.1 Å². The summed E-state index contributed by atoms with van der Waals surface area (Å²) in [7, 11) is 0. The number of amides is 1. The minimum absolute atomic E-state index is 0.278. The monoisotopic (exact) mass is 245 g/mol. The third-order valence-corrected chi connectivity index (χ3v) is 3.77.